The van der Waals surface area contributed by atoms with Gasteiger partial charge in [0, 0.05) is 6.61 Å². The lowest BCUT2D eigenvalue weighted by atomic mass is 9.98. The molecule has 2 atom stereocenters. The van der Waals surface area contributed by atoms with Crippen molar-refractivity contribution in [3.05, 3.63) is 0 Å². The second-order valence-corrected chi connectivity index (χ2v) is 15.8. The topological polar surface area (TPSA) is 97.4 Å². The minimum Gasteiger partial charge on any atom is -0.468 e. The van der Waals surface area contributed by atoms with Crippen LogP contribution in [0.1, 0.15) is 60.8 Å². The van der Waals surface area contributed by atoms with Gasteiger partial charge in [0.05, 0.1) is 32.8 Å². The Kier molecular flexibility index (Phi) is 13.4. The molecule has 0 spiro atoms. The fourth-order valence-corrected chi connectivity index (χ4v) is 6.13. The molecule has 2 unspecified atom stereocenters. The summed E-state index contributed by atoms with van der Waals surface area (Å²) in [6.45, 7) is 16.7. The molecule has 0 saturated carbocycles. The molecule has 0 radical (unpaired) electrons. The highest BCUT2D eigenvalue weighted by atomic mass is 31.2. The van der Waals surface area contributed by atoms with Crippen molar-refractivity contribution >= 4 is 27.9 Å². The number of unbranched alkanes of at least 4 members (excludes halogenated alkanes) is 1. The lowest BCUT2D eigenvalue weighted by Gasteiger charge is -2.36. The molecule has 0 aliphatic heterocycles. The number of esters is 2. The third kappa shape index (κ3) is 9.34. The Morgan fingerprint density at radius 2 is 1.48 bits per heavy atom. The van der Waals surface area contributed by atoms with Crippen LogP contribution in [0.5, 0.6) is 0 Å². The fraction of sp³-hybridized carbons (Fsp3) is 0.905. The summed E-state index contributed by atoms with van der Waals surface area (Å²) < 4.78 is 40.4. The average Bonchev–Trinajstić information content (AvgIpc) is 2.65. The van der Waals surface area contributed by atoms with Crippen molar-refractivity contribution in [2.75, 3.05) is 33.5 Å². The summed E-state index contributed by atoms with van der Waals surface area (Å²) in [6.07, 6.45) is 1.57. The highest BCUT2D eigenvalue weighted by molar-refractivity contribution is 7.55. The van der Waals surface area contributed by atoms with E-state index in [1.54, 1.807) is 20.8 Å². The summed E-state index contributed by atoms with van der Waals surface area (Å²) >= 11 is 0. The molecule has 8 nitrogen and oxygen atoms in total. The normalized spacial score (nSPS) is 14.7. The van der Waals surface area contributed by atoms with Gasteiger partial charge in [0.1, 0.15) is 0 Å². The molecule has 0 fully saturated rings. The molecular formula is C21H43O8PSi. The number of hydrogen-bond donors (Lipinski definition) is 0. The smallest absolute Gasteiger partial charge is 0.345 e. The SMILES string of the molecule is CCOC(=O)C(CCCCO[Si](C)(C)C(C)(C)C)C(C(=O)OC)P(=O)(OCC)OCC. The van der Waals surface area contributed by atoms with Gasteiger partial charge in [-0.25, -0.2) is 0 Å². The second-order valence-electron chi connectivity index (χ2n) is 8.81. The highest BCUT2D eigenvalue weighted by Gasteiger charge is 2.50. The first-order valence-electron chi connectivity index (χ1n) is 11.1. The number of rotatable bonds is 15. The van der Waals surface area contributed by atoms with Crippen LogP contribution in [0.4, 0.5) is 0 Å². The van der Waals surface area contributed by atoms with E-state index in [-0.39, 0.29) is 31.3 Å². The summed E-state index contributed by atoms with van der Waals surface area (Å²) in [6, 6.07) is 0. The van der Waals surface area contributed by atoms with E-state index in [0.29, 0.717) is 19.4 Å². The second kappa shape index (κ2) is 13.7. The Morgan fingerprint density at radius 1 is 0.935 bits per heavy atom. The van der Waals surface area contributed by atoms with Gasteiger partial charge in [0.15, 0.2) is 14.0 Å². The average molecular weight is 483 g/mol. The van der Waals surface area contributed by atoms with Crippen molar-refractivity contribution < 1.29 is 37.1 Å². The molecule has 0 amide bonds. The first-order chi connectivity index (χ1) is 14.3. The number of carbonyl (C=O) groups is 2. The zero-order chi connectivity index (χ0) is 24.3. The molecule has 0 aromatic carbocycles. The molecule has 0 bridgehead atoms. The monoisotopic (exact) mass is 482 g/mol. The maximum absolute atomic E-state index is 13.4. The summed E-state index contributed by atoms with van der Waals surface area (Å²) in [5.41, 5.74) is -1.38. The van der Waals surface area contributed by atoms with Crippen LogP contribution in [0.15, 0.2) is 0 Å². The molecule has 0 aliphatic rings. The highest BCUT2D eigenvalue weighted by Crippen LogP contribution is 2.56. The minimum atomic E-state index is -3.94. The van der Waals surface area contributed by atoms with Gasteiger partial charge in [-0.15, -0.1) is 0 Å². The fourth-order valence-electron chi connectivity index (χ4n) is 2.86. The zero-order valence-electron chi connectivity index (χ0n) is 20.8. The van der Waals surface area contributed by atoms with Crippen LogP contribution in [-0.4, -0.2) is 59.5 Å². The Labute approximate surface area is 189 Å². The predicted molar refractivity (Wildman–Crippen MR) is 124 cm³/mol. The zero-order valence-corrected chi connectivity index (χ0v) is 22.7. The molecule has 184 valence electrons. The number of ether oxygens (including phenoxy) is 2. The third-order valence-electron chi connectivity index (χ3n) is 5.55. The van der Waals surface area contributed by atoms with Crippen LogP contribution in [0.3, 0.4) is 0 Å². The summed E-state index contributed by atoms with van der Waals surface area (Å²) in [5, 5.41) is 0.109. The quantitative estimate of drug-likeness (QED) is 0.137. The van der Waals surface area contributed by atoms with Gasteiger partial charge < -0.3 is 22.9 Å². The minimum absolute atomic E-state index is 0.0701. The Bertz CT molecular complexity index is 593. The van der Waals surface area contributed by atoms with Crippen molar-refractivity contribution in [2.24, 2.45) is 5.92 Å². The van der Waals surface area contributed by atoms with Crippen molar-refractivity contribution in [3.8, 4) is 0 Å². The van der Waals surface area contributed by atoms with Crippen LogP contribution in [0, 0.1) is 5.92 Å². The standard InChI is InChI=1S/C21H43O8PSi/c1-10-26-19(22)17(15-13-14-16-29-31(8,9)21(4,5)6)18(20(23)25-7)30(24,27-11-2)28-12-3/h17-18H,10-16H2,1-9H3. The number of carbonyl (C=O) groups excluding carboxylic acids is 2. The van der Waals surface area contributed by atoms with Crippen LogP contribution >= 0.6 is 7.60 Å². The molecular weight excluding hydrogens is 439 g/mol. The van der Waals surface area contributed by atoms with Crippen LogP contribution < -0.4 is 0 Å². The van der Waals surface area contributed by atoms with E-state index in [2.05, 4.69) is 33.9 Å². The molecule has 0 rings (SSSR count). The van der Waals surface area contributed by atoms with E-state index < -0.39 is 39.4 Å². The van der Waals surface area contributed by atoms with Gasteiger partial charge in [0.25, 0.3) is 0 Å². The molecule has 0 saturated heterocycles. The molecule has 0 aromatic heterocycles. The summed E-state index contributed by atoms with van der Waals surface area (Å²) in [5.74, 6) is -2.41. The van der Waals surface area contributed by atoms with Gasteiger partial charge in [-0.05, 0) is 51.7 Å². The van der Waals surface area contributed by atoms with E-state index in [1.807, 2.05) is 0 Å². The molecule has 0 aromatic rings. The van der Waals surface area contributed by atoms with Crippen molar-refractivity contribution in [2.45, 2.75) is 84.6 Å². The number of methoxy groups -OCH3 is 1. The molecule has 0 aliphatic carbocycles. The van der Waals surface area contributed by atoms with Gasteiger partial charge in [0.2, 0.25) is 0 Å². The van der Waals surface area contributed by atoms with Crippen LogP contribution in [0.2, 0.25) is 18.1 Å². The van der Waals surface area contributed by atoms with Crippen LogP contribution in [-0.2, 0) is 37.1 Å². The van der Waals surface area contributed by atoms with Crippen molar-refractivity contribution in [1.82, 2.24) is 0 Å². The number of hydrogen-bond acceptors (Lipinski definition) is 8. The van der Waals surface area contributed by atoms with Crippen LogP contribution in [0.25, 0.3) is 0 Å². The maximum Gasteiger partial charge on any atom is 0.345 e. The summed E-state index contributed by atoms with van der Waals surface area (Å²) in [4.78, 5) is 25.3. The van der Waals surface area contributed by atoms with E-state index in [1.165, 1.54) is 7.11 Å². The summed E-state index contributed by atoms with van der Waals surface area (Å²) in [7, 11) is -4.62. The van der Waals surface area contributed by atoms with E-state index in [0.717, 1.165) is 0 Å². The van der Waals surface area contributed by atoms with Gasteiger partial charge >= 0.3 is 19.5 Å². The Balaban J connectivity index is 5.51. The molecule has 10 heteroatoms. The molecule has 0 N–H and O–H groups in total. The Hall–Kier alpha value is -0.733. The first-order valence-corrected chi connectivity index (χ1v) is 15.6. The third-order valence-corrected chi connectivity index (χ3v) is 12.6. The first kappa shape index (κ1) is 30.3. The molecule has 31 heavy (non-hydrogen) atoms. The predicted octanol–water partition coefficient (Wildman–Crippen LogP) is 5.17. The largest absolute Gasteiger partial charge is 0.468 e. The molecule has 0 heterocycles. The lowest BCUT2D eigenvalue weighted by Crippen LogP contribution is -2.41. The Morgan fingerprint density at radius 3 is 1.90 bits per heavy atom. The van der Waals surface area contributed by atoms with E-state index in [4.69, 9.17) is 22.9 Å². The van der Waals surface area contributed by atoms with E-state index in [9.17, 15) is 14.2 Å². The van der Waals surface area contributed by atoms with Crippen molar-refractivity contribution in [3.63, 3.8) is 0 Å². The van der Waals surface area contributed by atoms with Crippen molar-refractivity contribution in [1.29, 1.82) is 0 Å². The lowest BCUT2D eigenvalue weighted by molar-refractivity contribution is -0.154. The van der Waals surface area contributed by atoms with E-state index >= 15 is 0 Å². The maximum atomic E-state index is 13.4. The van der Waals surface area contributed by atoms with Gasteiger partial charge in [-0.3, -0.25) is 14.2 Å². The van der Waals surface area contributed by atoms with Gasteiger partial charge in [-0.2, -0.15) is 0 Å². The van der Waals surface area contributed by atoms with Gasteiger partial charge in [-0.1, -0.05) is 27.2 Å².